The Hall–Kier alpha value is -5.28. The van der Waals surface area contributed by atoms with Crippen LogP contribution in [0.5, 0.6) is 0 Å². The van der Waals surface area contributed by atoms with Crippen molar-refractivity contribution in [1.29, 1.82) is 0 Å². The molecular formula is C34H24ClN3O6. The van der Waals surface area contributed by atoms with Gasteiger partial charge in [-0.2, -0.15) is 0 Å². The Bertz CT molecular complexity index is 1770. The van der Waals surface area contributed by atoms with Crippen LogP contribution in [0.3, 0.4) is 0 Å². The summed E-state index contributed by atoms with van der Waals surface area (Å²) in [7, 11) is 0. The number of hydrazine groups is 1. The van der Waals surface area contributed by atoms with Crippen LogP contribution in [0.1, 0.15) is 54.8 Å². The molecule has 0 radical (unpaired) electrons. The van der Waals surface area contributed by atoms with Crippen LogP contribution in [0.25, 0.3) is 0 Å². The van der Waals surface area contributed by atoms with E-state index in [1.807, 2.05) is 48.5 Å². The summed E-state index contributed by atoms with van der Waals surface area (Å²) < 4.78 is 5.22. The lowest BCUT2D eigenvalue weighted by molar-refractivity contribution is -0.125. The molecular weight excluding hydrogens is 582 g/mol. The third kappa shape index (κ3) is 4.27. The summed E-state index contributed by atoms with van der Waals surface area (Å²) in [6, 6.07) is 28.3. The van der Waals surface area contributed by atoms with Gasteiger partial charge in [-0.25, -0.2) is 9.69 Å². The van der Waals surface area contributed by atoms with Gasteiger partial charge in [-0.1, -0.05) is 84.4 Å². The van der Waals surface area contributed by atoms with Gasteiger partial charge in [0.25, 0.3) is 11.8 Å². The Morgan fingerprint density at radius 1 is 0.659 bits per heavy atom. The molecule has 2 bridgehead atoms. The van der Waals surface area contributed by atoms with Crippen LogP contribution in [-0.4, -0.2) is 36.2 Å². The number of amides is 4. The number of hydrogen-bond acceptors (Lipinski definition) is 6. The summed E-state index contributed by atoms with van der Waals surface area (Å²) in [6.07, 6.45) is 0. The molecule has 1 heterocycles. The van der Waals surface area contributed by atoms with Gasteiger partial charge in [0.15, 0.2) is 6.61 Å². The largest absolute Gasteiger partial charge is 0.452 e. The topological polar surface area (TPSA) is 122 Å². The Balaban J connectivity index is 1.11. The first-order chi connectivity index (χ1) is 21.4. The summed E-state index contributed by atoms with van der Waals surface area (Å²) in [5, 5.41) is 0.203. The zero-order valence-electron chi connectivity index (χ0n) is 23.0. The molecule has 10 heteroatoms. The molecule has 1 saturated heterocycles. The maximum atomic E-state index is 14.1. The molecule has 4 aromatic rings. The number of esters is 1. The van der Waals surface area contributed by atoms with Crippen LogP contribution in [0.4, 0.5) is 5.69 Å². The Kier molecular flexibility index (Phi) is 6.74. The molecule has 0 saturated carbocycles. The van der Waals surface area contributed by atoms with E-state index in [9.17, 15) is 24.0 Å². The molecule has 4 aliphatic rings. The molecule has 4 amide bonds. The average molecular weight is 606 g/mol. The van der Waals surface area contributed by atoms with Crippen molar-refractivity contribution in [1.82, 2.24) is 10.9 Å². The van der Waals surface area contributed by atoms with Gasteiger partial charge in [0.2, 0.25) is 11.8 Å². The summed E-state index contributed by atoms with van der Waals surface area (Å²) >= 11 is 6.01. The molecule has 218 valence electrons. The van der Waals surface area contributed by atoms with Crippen LogP contribution in [0, 0.1) is 11.8 Å². The normalized spacial score (nSPS) is 20.8. The number of halogens is 1. The minimum absolute atomic E-state index is 0.0388. The lowest BCUT2D eigenvalue weighted by Crippen LogP contribution is -2.43. The monoisotopic (exact) mass is 605 g/mol. The number of nitrogens with zero attached hydrogens (tertiary/aromatic N) is 1. The van der Waals surface area contributed by atoms with Crippen molar-refractivity contribution < 1.29 is 28.7 Å². The molecule has 1 aliphatic heterocycles. The van der Waals surface area contributed by atoms with Crippen LogP contribution in [-0.2, 0) is 19.1 Å². The van der Waals surface area contributed by atoms with E-state index in [0.29, 0.717) is 0 Å². The number of imide groups is 1. The van der Waals surface area contributed by atoms with Gasteiger partial charge in [-0.05, 0) is 46.5 Å². The van der Waals surface area contributed by atoms with Gasteiger partial charge in [-0.15, -0.1) is 0 Å². The van der Waals surface area contributed by atoms with Gasteiger partial charge in [0, 0.05) is 11.8 Å². The summed E-state index contributed by atoms with van der Waals surface area (Å²) in [5.41, 5.74) is 8.77. The van der Waals surface area contributed by atoms with E-state index < -0.39 is 36.2 Å². The minimum Gasteiger partial charge on any atom is -0.452 e. The minimum atomic E-state index is -0.904. The van der Waals surface area contributed by atoms with E-state index in [1.54, 1.807) is 24.3 Å². The van der Waals surface area contributed by atoms with Crippen molar-refractivity contribution in [2.24, 2.45) is 11.8 Å². The maximum Gasteiger partial charge on any atom is 0.340 e. The number of rotatable bonds is 5. The fourth-order valence-electron chi connectivity index (χ4n) is 6.84. The first kappa shape index (κ1) is 27.5. The number of carbonyl (C=O) groups is 5. The molecule has 2 atom stereocenters. The lowest BCUT2D eigenvalue weighted by atomic mass is 9.55. The molecule has 2 N–H and O–H groups in total. The van der Waals surface area contributed by atoms with Crippen LogP contribution in [0.15, 0.2) is 97.1 Å². The van der Waals surface area contributed by atoms with Gasteiger partial charge >= 0.3 is 5.97 Å². The average Bonchev–Trinajstić information content (AvgIpc) is 3.32. The first-order valence-electron chi connectivity index (χ1n) is 14.0. The number of ether oxygens (including phenoxy) is 1. The molecule has 3 aliphatic carbocycles. The van der Waals surface area contributed by atoms with Crippen molar-refractivity contribution in [3.63, 3.8) is 0 Å². The van der Waals surface area contributed by atoms with E-state index in [-0.39, 0.29) is 45.5 Å². The quantitative estimate of drug-likeness (QED) is 0.198. The van der Waals surface area contributed by atoms with Crippen LogP contribution >= 0.6 is 11.6 Å². The summed E-state index contributed by atoms with van der Waals surface area (Å²) in [5.74, 6) is -4.92. The molecule has 0 spiro atoms. The number of anilines is 1. The van der Waals surface area contributed by atoms with Crippen molar-refractivity contribution >= 4 is 46.9 Å². The lowest BCUT2D eigenvalue weighted by Gasteiger charge is -2.45. The molecule has 8 rings (SSSR count). The Morgan fingerprint density at radius 2 is 1.14 bits per heavy atom. The van der Waals surface area contributed by atoms with Crippen LogP contribution in [0.2, 0.25) is 5.02 Å². The number of carbonyl (C=O) groups excluding carboxylic acids is 5. The zero-order valence-corrected chi connectivity index (χ0v) is 23.8. The number of nitrogens with one attached hydrogen (secondary N) is 2. The van der Waals surface area contributed by atoms with Crippen LogP contribution < -0.4 is 15.8 Å². The van der Waals surface area contributed by atoms with Crippen molar-refractivity contribution in [3.8, 4) is 0 Å². The molecule has 44 heavy (non-hydrogen) atoms. The van der Waals surface area contributed by atoms with Gasteiger partial charge in [0.1, 0.15) is 0 Å². The third-order valence-electron chi connectivity index (χ3n) is 8.58. The Labute approximate surface area is 256 Å². The highest BCUT2D eigenvalue weighted by atomic mass is 35.5. The molecule has 0 aromatic heterocycles. The predicted molar refractivity (Wildman–Crippen MR) is 160 cm³/mol. The zero-order chi connectivity index (χ0) is 30.5. The van der Waals surface area contributed by atoms with E-state index in [1.165, 1.54) is 24.3 Å². The highest BCUT2D eigenvalue weighted by molar-refractivity contribution is 6.33. The third-order valence-corrected chi connectivity index (χ3v) is 8.91. The van der Waals surface area contributed by atoms with E-state index in [2.05, 4.69) is 10.9 Å². The fourth-order valence-corrected chi connectivity index (χ4v) is 7.06. The number of hydrogen-bond donors (Lipinski definition) is 2. The summed E-state index contributed by atoms with van der Waals surface area (Å²) in [4.78, 5) is 67.2. The Morgan fingerprint density at radius 3 is 1.68 bits per heavy atom. The van der Waals surface area contributed by atoms with E-state index in [0.717, 1.165) is 27.2 Å². The van der Waals surface area contributed by atoms with E-state index >= 15 is 0 Å². The highest BCUT2D eigenvalue weighted by Gasteiger charge is 2.62. The highest BCUT2D eigenvalue weighted by Crippen LogP contribution is 2.61. The second-order valence-electron chi connectivity index (χ2n) is 10.9. The maximum absolute atomic E-state index is 14.1. The number of benzene rings is 4. The first-order valence-corrected chi connectivity index (χ1v) is 14.4. The second-order valence-corrected chi connectivity index (χ2v) is 11.3. The fraction of sp³-hybridized carbons (Fsp3) is 0.147. The molecule has 4 aromatic carbocycles. The van der Waals surface area contributed by atoms with Crippen molar-refractivity contribution in [2.45, 2.75) is 11.8 Å². The van der Waals surface area contributed by atoms with Gasteiger partial charge < -0.3 is 4.74 Å². The van der Waals surface area contributed by atoms with Gasteiger partial charge in [-0.3, -0.25) is 30.0 Å². The second kappa shape index (κ2) is 10.8. The van der Waals surface area contributed by atoms with E-state index in [4.69, 9.17) is 16.3 Å². The SMILES string of the molecule is O=C(COC(=O)c1ccccc1N1C(=O)[C@H]2C3c4ccccc4C(c4ccccc43)[C@@H]2C1=O)NNC(=O)c1ccccc1Cl. The van der Waals surface area contributed by atoms with Crippen molar-refractivity contribution in [2.75, 3.05) is 11.5 Å². The molecule has 0 unspecified atom stereocenters. The van der Waals surface area contributed by atoms with Crippen molar-refractivity contribution in [3.05, 3.63) is 135 Å². The van der Waals surface area contributed by atoms with Gasteiger partial charge in [0.05, 0.1) is 33.7 Å². The summed E-state index contributed by atoms with van der Waals surface area (Å²) in [6.45, 7) is -0.724. The standard InChI is InChI=1S/C34H24ClN3O6/c35-24-15-7-5-13-22(24)31(40)37-36-26(39)17-44-34(43)23-14-6-8-16-25(23)38-32(41)29-27-18-9-1-2-10-19(18)28(30(29)33(38)42)21-12-4-3-11-20(21)27/h1-16,27-30H,17H2,(H,36,39)(H,37,40)/t27?,28?,29-,30-/m0/s1. The molecule has 1 fully saturated rings. The molecule has 9 nitrogen and oxygen atoms in total. The smallest absolute Gasteiger partial charge is 0.340 e. The predicted octanol–water partition coefficient (Wildman–Crippen LogP) is 4.35. The number of para-hydroxylation sites is 1.